The van der Waals surface area contributed by atoms with Gasteiger partial charge in [0.15, 0.2) is 0 Å². The highest BCUT2D eigenvalue weighted by molar-refractivity contribution is 7.09. The van der Waals surface area contributed by atoms with E-state index in [-0.39, 0.29) is 25.0 Å². The van der Waals surface area contributed by atoms with Crippen molar-refractivity contribution in [2.24, 2.45) is 0 Å². The molecule has 0 spiro atoms. The smallest absolute Gasteiger partial charge is 0.317 e. The maximum absolute atomic E-state index is 12.0. The third-order valence-corrected chi connectivity index (χ3v) is 3.76. The Bertz CT molecular complexity index is 459. The van der Waals surface area contributed by atoms with Gasteiger partial charge in [0.25, 0.3) is 0 Å². The Hall–Kier alpha value is -1.63. The van der Waals surface area contributed by atoms with Gasteiger partial charge in [-0.15, -0.1) is 11.3 Å². The van der Waals surface area contributed by atoms with E-state index in [0.29, 0.717) is 13.0 Å². The molecule has 0 aliphatic carbocycles. The van der Waals surface area contributed by atoms with E-state index in [1.807, 2.05) is 26.2 Å². The van der Waals surface area contributed by atoms with Crippen LogP contribution in [0.5, 0.6) is 0 Å². The van der Waals surface area contributed by atoms with Crippen molar-refractivity contribution in [3.63, 3.8) is 0 Å². The lowest BCUT2D eigenvalue weighted by atomic mass is 10.3. The van der Waals surface area contributed by atoms with Crippen molar-refractivity contribution in [1.29, 1.82) is 0 Å². The van der Waals surface area contributed by atoms with E-state index in [1.165, 1.54) is 4.90 Å². The van der Waals surface area contributed by atoms with Gasteiger partial charge in [-0.2, -0.15) is 0 Å². The van der Waals surface area contributed by atoms with Gasteiger partial charge in [0, 0.05) is 36.6 Å². The van der Waals surface area contributed by atoms with Crippen LogP contribution in [0.2, 0.25) is 0 Å². The molecule has 0 fully saturated rings. The fourth-order valence-corrected chi connectivity index (χ4v) is 2.48. The van der Waals surface area contributed by atoms with Crippen molar-refractivity contribution in [2.75, 3.05) is 13.1 Å². The average Bonchev–Trinajstić information content (AvgIpc) is 2.74. The van der Waals surface area contributed by atoms with Gasteiger partial charge in [-0.3, -0.25) is 4.79 Å². The van der Waals surface area contributed by atoms with Crippen molar-refractivity contribution < 1.29 is 14.7 Å². The van der Waals surface area contributed by atoms with Crippen LogP contribution in [0, 0.1) is 6.92 Å². The number of hydrogen-bond acceptors (Lipinski definition) is 4. The van der Waals surface area contributed by atoms with E-state index in [4.69, 9.17) is 5.11 Å². The molecule has 1 aromatic rings. The van der Waals surface area contributed by atoms with E-state index in [2.05, 4.69) is 10.3 Å². The van der Waals surface area contributed by atoms with E-state index >= 15 is 0 Å². The monoisotopic (exact) mass is 299 g/mol. The van der Waals surface area contributed by atoms with Crippen molar-refractivity contribution in [3.05, 3.63) is 16.1 Å². The Morgan fingerprint density at radius 1 is 1.50 bits per heavy atom. The second-order valence-corrected chi connectivity index (χ2v) is 5.74. The Morgan fingerprint density at radius 2 is 2.20 bits per heavy atom. The van der Waals surface area contributed by atoms with Crippen molar-refractivity contribution in [3.8, 4) is 0 Å². The molecule has 1 aromatic heterocycles. The van der Waals surface area contributed by atoms with Crippen LogP contribution < -0.4 is 5.32 Å². The molecule has 0 aliphatic heterocycles. The predicted molar refractivity (Wildman–Crippen MR) is 78.0 cm³/mol. The molecule has 112 valence electrons. The number of aryl methyl sites for hydroxylation is 1. The molecule has 2 N–H and O–H groups in total. The molecule has 0 bridgehead atoms. The molecule has 0 aromatic carbocycles. The number of amides is 2. The van der Waals surface area contributed by atoms with Gasteiger partial charge in [-0.25, -0.2) is 9.78 Å². The topological polar surface area (TPSA) is 82.5 Å². The van der Waals surface area contributed by atoms with Crippen LogP contribution in [0.3, 0.4) is 0 Å². The van der Waals surface area contributed by atoms with Gasteiger partial charge in [-0.05, 0) is 20.8 Å². The number of rotatable bonds is 7. The fourth-order valence-electron chi connectivity index (χ4n) is 1.71. The maximum Gasteiger partial charge on any atom is 0.317 e. The quantitative estimate of drug-likeness (QED) is 0.805. The molecule has 1 heterocycles. The van der Waals surface area contributed by atoms with Crippen molar-refractivity contribution >= 4 is 23.3 Å². The van der Waals surface area contributed by atoms with Gasteiger partial charge in [0.2, 0.25) is 0 Å². The van der Waals surface area contributed by atoms with Crippen LogP contribution in [-0.4, -0.2) is 46.1 Å². The summed E-state index contributed by atoms with van der Waals surface area (Å²) in [6.07, 6.45) is 0.645. The van der Waals surface area contributed by atoms with Gasteiger partial charge >= 0.3 is 12.0 Å². The summed E-state index contributed by atoms with van der Waals surface area (Å²) < 4.78 is 0. The number of thiazole rings is 1. The Kier molecular flexibility index (Phi) is 6.44. The molecule has 0 atom stereocenters. The number of carboxylic acids is 1. The van der Waals surface area contributed by atoms with Crippen LogP contribution in [0.15, 0.2) is 5.38 Å². The summed E-state index contributed by atoms with van der Waals surface area (Å²) in [6, 6.07) is -0.258. The van der Waals surface area contributed by atoms with Gasteiger partial charge in [0.05, 0.1) is 11.4 Å². The Balaban J connectivity index is 2.39. The van der Waals surface area contributed by atoms with E-state index in [1.54, 1.807) is 11.3 Å². The van der Waals surface area contributed by atoms with E-state index < -0.39 is 5.97 Å². The first kappa shape index (κ1) is 16.4. The molecule has 20 heavy (non-hydrogen) atoms. The number of hydrogen-bond donors (Lipinski definition) is 2. The molecule has 2 amide bonds. The molecular formula is C13H21N3O3S. The number of carbonyl (C=O) groups is 2. The maximum atomic E-state index is 12.0. The molecule has 0 saturated heterocycles. The summed E-state index contributed by atoms with van der Waals surface area (Å²) in [5.41, 5.74) is 0.988. The summed E-state index contributed by atoms with van der Waals surface area (Å²) in [7, 11) is 0. The lowest BCUT2D eigenvalue weighted by Crippen LogP contribution is -2.45. The molecule has 6 nitrogen and oxygen atoms in total. The normalized spacial score (nSPS) is 10.6. The zero-order valence-corrected chi connectivity index (χ0v) is 12.9. The first-order valence-electron chi connectivity index (χ1n) is 6.57. The van der Waals surface area contributed by atoms with Crippen LogP contribution in [0.25, 0.3) is 0 Å². The summed E-state index contributed by atoms with van der Waals surface area (Å²) in [6.45, 7) is 6.39. The fraction of sp³-hybridized carbons (Fsp3) is 0.615. The number of carbonyl (C=O) groups excluding carboxylic acids is 1. The molecular weight excluding hydrogens is 278 g/mol. The minimum Gasteiger partial charge on any atom is -0.481 e. The molecule has 0 radical (unpaired) electrons. The molecule has 0 aliphatic rings. The SMILES string of the molecule is Cc1csc(CCNC(=O)N(CCC(=O)O)C(C)C)n1. The van der Waals surface area contributed by atoms with Gasteiger partial charge < -0.3 is 15.3 Å². The minimum atomic E-state index is -0.901. The first-order valence-corrected chi connectivity index (χ1v) is 7.45. The molecule has 0 saturated carbocycles. The minimum absolute atomic E-state index is 0.0311. The van der Waals surface area contributed by atoms with Crippen molar-refractivity contribution in [1.82, 2.24) is 15.2 Å². The lowest BCUT2D eigenvalue weighted by Gasteiger charge is -2.26. The summed E-state index contributed by atoms with van der Waals surface area (Å²) in [4.78, 5) is 28.4. The zero-order chi connectivity index (χ0) is 15.1. The molecule has 1 rings (SSSR count). The van der Waals surface area contributed by atoms with Crippen LogP contribution in [-0.2, 0) is 11.2 Å². The Morgan fingerprint density at radius 3 is 2.70 bits per heavy atom. The predicted octanol–water partition coefficient (Wildman–Crippen LogP) is 1.89. The van der Waals surface area contributed by atoms with Crippen LogP contribution in [0.1, 0.15) is 31.0 Å². The van der Waals surface area contributed by atoms with E-state index in [0.717, 1.165) is 10.7 Å². The second kappa shape index (κ2) is 7.84. The standard InChI is InChI=1S/C13H21N3O3S/c1-9(2)16(7-5-12(17)18)13(19)14-6-4-11-15-10(3)8-20-11/h8-9H,4-7H2,1-3H3,(H,14,19)(H,17,18). The molecule has 7 heteroatoms. The number of urea groups is 1. The number of aliphatic carboxylic acids is 1. The summed E-state index contributed by atoms with van der Waals surface area (Å²) in [5.74, 6) is -0.901. The van der Waals surface area contributed by atoms with Gasteiger partial charge in [0.1, 0.15) is 0 Å². The number of nitrogens with one attached hydrogen (secondary N) is 1. The van der Waals surface area contributed by atoms with Crippen LogP contribution in [0.4, 0.5) is 4.79 Å². The van der Waals surface area contributed by atoms with Crippen molar-refractivity contribution in [2.45, 2.75) is 39.7 Å². The highest BCUT2D eigenvalue weighted by Crippen LogP contribution is 2.08. The summed E-state index contributed by atoms with van der Waals surface area (Å²) >= 11 is 1.58. The number of aromatic nitrogens is 1. The van der Waals surface area contributed by atoms with E-state index in [9.17, 15) is 9.59 Å². The summed E-state index contributed by atoms with van der Waals surface area (Å²) in [5, 5.41) is 14.5. The average molecular weight is 299 g/mol. The third kappa shape index (κ3) is 5.56. The molecule has 0 unspecified atom stereocenters. The Labute approximate surface area is 122 Å². The lowest BCUT2D eigenvalue weighted by molar-refractivity contribution is -0.137. The zero-order valence-electron chi connectivity index (χ0n) is 12.0. The highest BCUT2D eigenvalue weighted by Gasteiger charge is 2.17. The number of carboxylic acid groups (broad SMARTS) is 1. The largest absolute Gasteiger partial charge is 0.481 e. The van der Waals surface area contributed by atoms with Gasteiger partial charge in [-0.1, -0.05) is 0 Å². The second-order valence-electron chi connectivity index (χ2n) is 4.80. The number of nitrogens with zero attached hydrogens (tertiary/aromatic N) is 2. The first-order chi connectivity index (χ1) is 9.40. The third-order valence-electron chi connectivity index (χ3n) is 2.73. The highest BCUT2D eigenvalue weighted by atomic mass is 32.1. The van der Waals surface area contributed by atoms with Crippen LogP contribution >= 0.6 is 11.3 Å².